The molecule has 0 saturated carbocycles. The first-order chi connectivity index (χ1) is 6.15. The minimum atomic E-state index is 0.606. The molecule has 2 heteroatoms. The number of rotatable bonds is 0. The molecule has 0 bridgehead atoms. The molecule has 0 fully saturated rings. The lowest BCUT2D eigenvalue weighted by Gasteiger charge is -2.03. The second-order valence-corrected chi connectivity index (χ2v) is 4.11. The van der Waals surface area contributed by atoms with Gasteiger partial charge < -0.3 is 0 Å². The summed E-state index contributed by atoms with van der Waals surface area (Å²) in [5.74, 6) is 6.68. The van der Waals surface area contributed by atoms with Crippen LogP contribution in [0.4, 0.5) is 0 Å². The maximum atomic E-state index is 4.06. The Hall–Kier alpha value is -0.390. The highest BCUT2D eigenvalue weighted by molar-refractivity contribution is 9.10. The molecule has 0 aromatic heterocycles. The number of benzene rings is 1. The van der Waals surface area contributed by atoms with Crippen LogP contribution in [0, 0.1) is 25.7 Å². The molecule has 0 atom stereocenters. The van der Waals surface area contributed by atoms with E-state index in [2.05, 4.69) is 66.4 Å². The van der Waals surface area contributed by atoms with Crippen LogP contribution in [0.25, 0.3) is 0 Å². The minimum Gasteiger partial charge on any atom is -0.166 e. The standard InChI is InChI=1S/C11H11BrS/c1-8-6-10(12)7-9(2)11(8)4-3-5-13/h6-7,13H,5H2,1-2H3. The van der Waals surface area contributed by atoms with E-state index in [1.165, 1.54) is 11.1 Å². The molecule has 0 heterocycles. The lowest BCUT2D eigenvalue weighted by molar-refractivity contribution is 1.33. The molecule has 0 spiro atoms. The summed E-state index contributed by atoms with van der Waals surface area (Å²) in [7, 11) is 0. The normalized spacial score (nSPS) is 9.23. The summed E-state index contributed by atoms with van der Waals surface area (Å²) in [6.45, 7) is 4.14. The van der Waals surface area contributed by atoms with Crippen molar-refractivity contribution in [3.05, 3.63) is 33.3 Å². The molecular formula is C11H11BrS. The molecule has 0 unspecified atom stereocenters. The smallest absolute Gasteiger partial charge is 0.0521 e. The van der Waals surface area contributed by atoms with Gasteiger partial charge in [0.05, 0.1) is 5.75 Å². The lowest BCUT2D eigenvalue weighted by atomic mass is 10.0. The third kappa shape index (κ3) is 2.79. The maximum Gasteiger partial charge on any atom is 0.0521 e. The van der Waals surface area contributed by atoms with Crippen LogP contribution in [0.2, 0.25) is 0 Å². The predicted octanol–water partition coefficient (Wildman–Crippen LogP) is 3.35. The summed E-state index contributed by atoms with van der Waals surface area (Å²) >= 11 is 7.51. The van der Waals surface area contributed by atoms with Crippen molar-refractivity contribution >= 4 is 28.6 Å². The summed E-state index contributed by atoms with van der Waals surface area (Å²) < 4.78 is 1.11. The molecule has 68 valence electrons. The molecule has 13 heavy (non-hydrogen) atoms. The second kappa shape index (κ2) is 4.74. The van der Waals surface area contributed by atoms with Crippen molar-refractivity contribution in [3.8, 4) is 11.8 Å². The van der Waals surface area contributed by atoms with Crippen molar-refractivity contribution in [2.75, 3.05) is 5.75 Å². The van der Waals surface area contributed by atoms with Crippen LogP contribution in [-0.4, -0.2) is 5.75 Å². The van der Waals surface area contributed by atoms with Crippen molar-refractivity contribution < 1.29 is 0 Å². The van der Waals surface area contributed by atoms with E-state index in [1.54, 1.807) is 0 Å². The molecule has 0 N–H and O–H groups in total. The number of aryl methyl sites for hydroxylation is 2. The van der Waals surface area contributed by atoms with Crippen LogP contribution >= 0.6 is 28.6 Å². The molecule has 1 aromatic carbocycles. The molecule has 0 nitrogen and oxygen atoms in total. The molecule has 0 aliphatic carbocycles. The predicted molar refractivity (Wildman–Crippen MR) is 64.3 cm³/mol. The van der Waals surface area contributed by atoms with Gasteiger partial charge in [-0.2, -0.15) is 12.6 Å². The van der Waals surface area contributed by atoms with Crippen LogP contribution in [0.5, 0.6) is 0 Å². The summed E-state index contributed by atoms with van der Waals surface area (Å²) in [4.78, 5) is 0. The Morgan fingerprint density at radius 2 is 1.85 bits per heavy atom. The Morgan fingerprint density at radius 1 is 1.31 bits per heavy atom. The van der Waals surface area contributed by atoms with E-state index in [9.17, 15) is 0 Å². The van der Waals surface area contributed by atoms with E-state index in [1.807, 2.05) is 0 Å². The van der Waals surface area contributed by atoms with E-state index in [4.69, 9.17) is 0 Å². The summed E-state index contributed by atoms with van der Waals surface area (Å²) in [6.07, 6.45) is 0. The van der Waals surface area contributed by atoms with Gasteiger partial charge in [0.1, 0.15) is 0 Å². The zero-order chi connectivity index (χ0) is 9.84. The largest absolute Gasteiger partial charge is 0.166 e. The van der Waals surface area contributed by atoms with Crippen molar-refractivity contribution in [2.45, 2.75) is 13.8 Å². The van der Waals surface area contributed by atoms with Gasteiger partial charge >= 0.3 is 0 Å². The van der Waals surface area contributed by atoms with E-state index >= 15 is 0 Å². The van der Waals surface area contributed by atoms with Crippen molar-refractivity contribution in [3.63, 3.8) is 0 Å². The molecular weight excluding hydrogens is 244 g/mol. The Labute approximate surface area is 93.3 Å². The monoisotopic (exact) mass is 254 g/mol. The van der Waals surface area contributed by atoms with Gasteiger partial charge in [-0.1, -0.05) is 27.8 Å². The SMILES string of the molecule is Cc1cc(Br)cc(C)c1C#CCS. The van der Waals surface area contributed by atoms with Gasteiger partial charge in [-0.25, -0.2) is 0 Å². The first-order valence-corrected chi connectivity index (χ1v) is 5.44. The second-order valence-electron chi connectivity index (χ2n) is 2.87. The van der Waals surface area contributed by atoms with Crippen LogP contribution in [-0.2, 0) is 0 Å². The summed E-state index contributed by atoms with van der Waals surface area (Å²) in [5, 5.41) is 0. The fraction of sp³-hybridized carbons (Fsp3) is 0.273. The molecule has 1 rings (SSSR count). The Morgan fingerprint density at radius 3 is 2.31 bits per heavy atom. The van der Waals surface area contributed by atoms with Gasteiger partial charge in [-0.15, -0.1) is 0 Å². The number of hydrogen-bond acceptors (Lipinski definition) is 1. The molecule has 0 aliphatic heterocycles. The fourth-order valence-electron chi connectivity index (χ4n) is 1.24. The zero-order valence-electron chi connectivity index (χ0n) is 7.69. The topological polar surface area (TPSA) is 0 Å². The molecule has 0 radical (unpaired) electrons. The molecule has 0 saturated heterocycles. The van der Waals surface area contributed by atoms with Gasteiger partial charge in [0.25, 0.3) is 0 Å². The average Bonchev–Trinajstić information content (AvgIpc) is 2.02. The average molecular weight is 255 g/mol. The highest BCUT2D eigenvalue weighted by Gasteiger charge is 2.00. The molecule has 0 aliphatic rings. The Kier molecular flexibility index (Phi) is 3.90. The van der Waals surface area contributed by atoms with Crippen molar-refractivity contribution in [1.29, 1.82) is 0 Å². The van der Waals surface area contributed by atoms with E-state index in [-0.39, 0.29) is 0 Å². The quantitative estimate of drug-likeness (QED) is 0.533. The number of thiol groups is 1. The summed E-state index contributed by atoms with van der Waals surface area (Å²) in [6, 6.07) is 4.16. The maximum absolute atomic E-state index is 4.06. The number of hydrogen-bond donors (Lipinski definition) is 1. The van der Waals surface area contributed by atoms with E-state index < -0.39 is 0 Å². The third-order valence-corrected chi connectivity index (χ3v) is 2.41. The first-order valence-electron chi connectivity index (χ1n) is 4.01. The van der Waals surface area contributed by atoms with E-state index in [0.29, 0.717) is 5.75 Å². The van der Waals surface area contributed by atoms with Gasteiger partial charge in [0, 0.05) is 10.0 Å². The van der Waals surface area contributed by atoms with Crippen molar-refractivity contribution in [1.82, 2.24) is 0 Å². The van der Waals surface area contributed by atoms with Crippen LogP contribution in [0.3, 0.4) is 0 Å². The van der Waals surface area contributed by atoms with Crippen molar-refractivity contribution in [2.24, 2.45) is 0 Å². The molecule has 0 amide bonds. The lowest BCUT2D eigenvalue weighted by Crippen LogP contribution is -1.87. The highest BCUT2D eigenvalue weighted by atomic mass is 79.9. The Balaban J connectivity index is 3.21. The highest BCUT2D eigenvalue weighted by Crippen LogP contribution is 2.19. The minimum absolute atomic E-state index is 0.606. The Bertz CT molecular complexity index is 348. The molecule has 1 aromatic rings. The van der Waals surface area contributed by atoms with Crippen LogP contribution in [0.1, 0.15) is 16.7 Å². The van der Waals surface area contributed by atoms with Crippen LogP contribution in [0.15, 0.2) is 16.6 Å². The van der Waals surface area contributed by atoms with Gasteiger partial charge in [0.2, 0.25) is 0 Å². The van der Waals surface area contributed by atoms with Gasteiger partial charge in [-0.3, -0.25) is 0 Å². The van der Waals surface area contributed by atoms with E-state index in [0.717, 1.165) is 10.0 Å². The zero-order valence-corrected chi connectivity index (χ0v) is 10.2. The fourth-order valence-corrected chi connectivity index (χ4v) is 2.00. The first kappa shape index (κ1) is 10.7. The van der Waals surface area contributed by atoms with Crippen LogP contribution < -0.4 is 0 Å². The van der Waals surface area contributed by atoms with Gasteiger partial charge in [0.15, 0.2) is 0 Å². The third-order valence-electron chi connectivity index (χ3n) is 1.79. The number of halogens is 1. The van der Waals surface area contributed by atoms with Gasteiger partial charge in [-0.05, 0) is 37.1 Å². The summed E-state index contributed by atoms with van der Waals surface area (Å²) in [5.41, 5.74) is 3.54.